The van der Waals surface area contributed by atoms with Gasteiger partial charge in [-0.05, 0) is 22.9 Å². The van der Waals surface area contributed by atoms with Gasteiger partial charge in [0.1, 0.15) is 12.2 Å². The van der Waals surface area contributed by atoms with E-state index in [0.29, 0.717) is 9.13 Å². The van der Waals surface area contributed by atoms with E-state index in [1.165, 1.54) is 19.9 Å². The largest absolute Gasteiger partial charge is 0.459 e. The van der Waals surface area contributed by atoms with Crippen LogP contribution in [0.2, 0.25) is 0 Å². The van der Waals surface area contributed by atoms with Crippen LogP contribution in [0, 0.1) is 5.92 Å². The van der Waals surface area contributed by atoms with Crippen LogP contribution in [0.1, 0.15) is 30.4 Å². The average molecular weight is 516 g/mol. The Morgan fingerprint density at radius 1 is 1.08 bits per heavy atom. The van der Waals surface area contributed by atoms with E-state index < -0.39 is 66.7 Å². The van der Waals surface area contributed by atoms with Crippen molar-refractivity contribution in [3.63, 3.8) is 0 Å². The molecule has 3 aromatic rings. The predicted octanol–water partition coefficient (Wildman–Crippen LogP) is 1.09. The molecular formula is C25H25FN2O9. The zero-order valence-corrected chi connectivity index (χ0v) is 19.9. The Labute approximate surface area is 209 Å². The van der Waals surface area contributed by atoms with Crippen molar-refractivity contribution in [2.24, 2.45) is 5.92 Å². The summed E-state index contributed by atoms with van der Waals surface area (Å²) in [6.07, 6.45) is -4.95. The third-order valence-corrected chi connectivity index (χ3v) is 5.94. The Kier molecular flexibility index (Phi) is 7.25. The number of nitrogens with zero attached hydrogens (tertiary/aromatic N) is 2. The number of aromatic nitrogens is 2. The van der Waals surface area contributed by atoms with Crippen molar-refractivity contribution in [3.8, 4) is 0 Å². The van der Waals surface area contributed by atoms with E-state index in [0.717, 1.165) is 23.0 Å². The Balaban J connectivity index is 1.53. The van der Waals surface area contributed by atoms with Crippen LogP contribution in [0.5, 0.6) is 0 Å². The van der Waals surface area contributed by atoms with Crippen molar-refractivity contribution >= 4 is 22.7 Å². The van der Waals surface area contributed by atoms with E-state index in [4.69, 9.17) is 14.2 Å². The van der Waals surface area contributed by atoms with E-state index in [-0.39, 0.29) is 5.56 Å². The monoisotopic (exact) mass is 516 g/mol. The molecule has 0 aliphatic carbocycles. The van der Waals surface area contributed by atoms with E-state index in [1.807, 2.05) is 18.2 Å². The second kappa shape index (κ2) is 10.2. The number of hydrogen-bond acceptors (Lipinski definition) is 9. The van der Waals surface area contributed by atoms with E-state index in [2.05, 4.69) is 0 Å². The SMILES string of the molecule is CC(C)C(=O)OC[C@@]1(F)O[C@@H](n2ccc(=O)n(COC(=O)c3ccc4ccccc4c3)c2=O)[C@H](O)[C@@H]1O. The fraction of sp³-hybridized carbons (Fsp3) is 0.360. The van der Waals surface area contributed by atoms with Crippen LogP contribution in [-0.4, -0.2) is 56.0 Å². The smallest absolute Gasteiger partial charge is 0.339 e. The summed E-state index contributed by atoms with van der Waals surface area (Å²) >= 11 is 0. The predicted molar refractivity (Wildman–Crippen MR) is 126 cm³/mol. The minimum Gasteiger partial charge on any atom is -0.459 e. The van der Waals surface area contributed by atoms with Crippen molar-refractivity contribution in [3.05, 3.63) is 81.1 Å². The molecule has 0 unspecified atom stereocenters. The number of aliphatic hydroxyl groups is 2. The molecule has 11 nitrogen and oxygen atoms in total. The normalized spacial score (nSPS) is 23.4. The van der Waals surface area contributed by atoms with Gasteiger partial charge in [-0.1, -0.05) is 44.2 Å². The lowest BCUT2D eigenvalue weighted by Crippen LogP contribution is -2.44. The number of ether oxygens (including phenoxy) is 3. The van der Waals surface area contributed by atoms with Crippen LogP contribution >= 0.6 is 0 Å². The van der Waals surface area contributed by atoms with Crippen LogP contribution in [0.4, 0.5) is 4.39 Å². The van der Waals surface area contributed by atoms with Crippen molar-refractivity contribution in [2.75, 3.05) is 6.61 Å². The van der Waals surface area contributed by atoms with Gasteiger partial charge in [0.15, 0.2) is 19.6 Å². The van der Waals surface area contributed by atoms with Crippen LogP contribution in [0.15, 0.2) is 64.3 Å². The first-order chi connectivity index (χ1) is 17.5. The van der Waals surface area contributed by atoms with Crippen LogP contribution in [0.25, 0.3) is 10.8 Å². The fourth-order valence-electron chi connectivity index (χ4n) is 3.79. The van der Waals surface area contributed by atoms with Gasteiger partial charge in [-0.25, -0.2) is 18.5 Å². The van der Waals surface area contributed by atoms with Gasteiger partial charge in [0.25, 0.3) is 11.4 Å². The molecule has 1 saturated heterocycles. The van der Waals surface area contributed by atoms with Crippen LogP contribution in [-0.2, 0) is 25.7 Å². The molecule has 4 atom stereocenters. The Morgan fingerprint density at radius 3 is 2.49 bits per heavy atom. The third kappa shape index (κ3) is 5.17. The summed E-state index contributed by atoms with van der Waals surface area (Å²) < 4.78 is 31.5. The first-order valence-electron chi connectivity index (χ1n) is 11.4. The second-order valence-corrected chi connectivity index (χ2v) is 8.89. The van der Waals surface area contributed by atoms with Gasteiger partial charge >= 0.3 is 17.6 Å². The van der Waals surface area contributed by atoms with Crippen molar-refractivity contribution in [1.29, 1.82) is 0 Å². The lowest BCUT2D eigenvalue weighted by Gasteiger charge is -2.23. The molecule has 0 amide bonds. The van der Waals surface area contributed by atoms with Gasteiger partial charge in [0.2, 0.25) is 0 Å². The summed E-state index contributed by atoms with van der Waals surface area (Å²) in [5, 5.41) is 22.3. The molecule has 1 aliphatic rings. The Bertz CT molecular complexity index is 1450. The standard InChI is InChI=1S/C25H25FN2O9/c1-14(2)22(32)35-12-25(26)20(31)19(30)21(37-25)27-10-9-18(29)28(24(27)34)13-36-23(33)17-8-7-15-5-3-4-6-16(15)11-17/h3-11,14,19-21,30-31H,12-13H2,1-2H3/t19-,20+,21-,25-/m1/s1. The van der Waals surface area contributed by atoms with E-state index in [9.17, 15) is 29.4 Å². The molecule has 2 N–H and O–H groups in total. The quantitative estimate of drug-likeness (QED) is 0.441. The van der Waals surface area contributed by atoms with E-state index in [1.54, 1.807) is 18.2 Å². The Hall–Kier alpha value is -3.87. The molecule has 2 heterocycles. The average Bonchev–Trinajstić information content (AvgIpc) is 3.10. The highest BCUT2D eigenvalue weighted by Gasteiger charge is 2.57. The number of benzene rings is 2. The van der Waals surface area contributed by atoms with Gasteiger partial charge < -0.3 is 24.4 Å². The maximum Gasteiger partial charge on any atom is 0.339 e. The third-order valence-electron chi connectivity index (χ3n) is 5.94. The first kappa shape index (κ1) is 26.2. The number of carbonyl (C=O) groups is 2. The number of alkyl halides is 1. The van der Waals surface area contributed by atoms with Crippen molar-refractivity contribution in [2.45, 2.75) is 44.9 Å². The molecule has 37 heavy (non-hydrogen) atoms. The molecule has 12 heteroatoms. The van der Waals surface area contributed by atoms with Gasteiger partial charge in [0, 0.05) is 12.3 Å². The number of halogens is 1. The number of carbonyl (C=O) groups excluding carboxylic acids is 2. The van der Waals surface area contributed by atoms with E-state index >= 15 is 4.39 Å². The molecule has 1 aromatic heterocycles. The highest BCUT2D eigenvalue weighted by atomic mass is 19.2. The molecule has 0 radical (unpaired) electrons. The fourth-order valence-corrected chi connectivity index (χ4v) is 3.79. The molecule has 0 bridgehead atoms. The zero-order chi connectivity index (χ0) is 26.9. The van der Waals surface area contributed by atoms with Gasteiger partial charge in [-0.15, -0.1) is 0 Å². The minimum absolute atomic E-state index is 0.193. The summed E-state index contributed by atoms with van der Waals surface area (Å²) in [5.41, 5.74) is -1.74. The minimum atomic E-state index is -3.02. The molecule has 0 spiro atoms. The van der Waals surface area contributed by atoms with Crippen LogP contribution < -0.4 is 11.2 Å². The second-order valence-electron chi connectivity index (χ2n) is 8.89. The maximum absolute atomic E-state index is 15.2. The van der Waals surface area contributed by atoms with Gasteiger partial charge in [-0.3, -0.25) is 14.2 Å². The molecular weight excluding hydrogens is 491 g/mol. The lowest BCUT2D eigenvalue weighted by molar-refractivity contribution is -0.218. The summed E-state index contributed by atoms with van der Waals surface area (Å²) in [6, 6.07) is 13.1. The number of fused-ring (bicyclic) bond motifs is 1. The number of esters is 2. The van der Waals surface area contributed by atoms with Crippen LogP contribution in [0.3, 0.4) is 0 Å². The van der Waals surface area contributed by atoms with Gasteiger partial charge in [0.05, 0.1) is 11.5 Å². The molecule has 1 aliphatic heterocycles. The summed E-state index contributed by atoms with van der Waals surface area (Å²) in [6.45, 7) is 1.23. The summed E-state index contributed by atoms with van der Waals surface area (Å²) in [5.74, 6) is -5.15. The summed E-state index contributed by atoms with van der Waals surface area (Å²) in [4.78, 5) is 49.5. The number of hydrogen-bond donors (Lipinski definition) is 2. The molecule has 4 rings (SSSR count). The number of rotatable bonds is 7. The molecule has 196 valence electrons. The highest BCUT2D eigenvalue weighted by molar-refractivity contribution is 5.95. The number of aliphatic hydroxyl groups excluding tert-OH is 2. The molecule has 1 fully saturated rings. The molecule has 2 aromatic carbocycles. The summed E-state index contributed by atoms with van der Waals surface area (Å²) in [7, 11) is 0. The first-order valence-corrected chi connectivity index (χ1v) is 11.4. The highest BCUT2D eigenvalue weighted by Crippen LogP contribution is 2.38. The molecule has 0 saturated carbocycles. The maximum atomic E-state index is 15.2. The Morgan fingerprint density at radius 2 is 1.78 bits per heavy atom. The van der Waals surface area contributed by atoms with Crippen molar-refractivity contribution in [1.82, 2.24) is 9.13 Å². The topological polar surface area (TPSA) is 146 Å². The van der Waals surface area contributed by atoms with Crippen molar-refractivity contribution < 1.29 is 38.4 Å². The zero-order valence-electron chi connectivity index (χ0n) is 19.9. The lowest BCUT2D eigenvalue weighted by atomic mass is 10.1. The van der Waals surface area contributed by atoms with Gasteiger partial charge in [-0.2, -0.15) is 0 Å².